The molecular weight excluding hydrogens is 747 g/mol. The molecule has 0 saturated carbocycles. The number of halogens is 1. The summed E-state index contributed by atoms with van der Waals surface area (Å²) in [7, 11) is 1.77. The van der Waals surface area contributed by atoms with Crippen LogP contribution in [0.4, 0.5) is 15.3 Å². The van der Waals surface area contributed by atoms with Crippen molar-refractivity contribution >= 4 is 64.8 Å². The summed E-state index contributed by atoms with van der Waals surface area (Å²) < 4.78 is 6.53. The number of urea groups is 1. The number of anilines is 1. The van der Waals surface area contributed by atoms with E-state index in [0.717, 1.165) is 36.1 Å². The standard InChI is InChI=1S/C37H48BBrN6O8/c38-28-21-24(22-29(39)34(28)49)23-31(35(50)43-12-8-26(9-13-43)41-17-19-42(20-18-41)32(46)5-6-33(47)48)53-37(52)44-14-10-27(11-15-44)45-16-7-25-3-1-2-4-30(25)40-36(45)51/h1-4,21-22,26-27,31,49H,5-20,23,38H2,(H,40,51)(H,47,48)/t31-/m1/s1. The first kappa shape index (κ1) is 38.4. The number of carbonyl (C=O) groups is 5. The molecule has 0 aliphatic carbocycles. The Hall–Kier alpha value is -4.31. The second-order valence-corrected chi connectivity index (χ2v) is 15.3. The molecule has 3 N–H and O–H groups in total. The van der Waals surface area contributed by atoms with Gasteiger partial charge in [0.25, 0.3) is 5.91 Å². The van der Waals surface area contributed by atoms with Crippen LogP contribution in [0.5, 0.6) is 5.75 Å². The molecule has 1 atom stereocenters. The van der Waals surface area contributed by atoms with Crippen LogP contribution in [0.3, 0.4) is 0 Å². The number of aliphatic carboxylic acids is 1. The van der Waals surface area contributed by atoms with E-state index >= 15 is 0 Å². The number of rotatable bonds is 9. The molecule has 4 aliphatic rings. The van der Waals surface area contributed by atoms with Crippen molar-refractivity contribution < 1.29 is 38.9 Å². The number of nitrogens with zero attached hydrogens (tertiary/aromatic N) is 5. The number of hydrogen-bond acceptors (Lipinski definition) is 8. The number of likely N-dealkylation sites (tertiary alicyclic amines) is 2. The zero-order valence-corrected chi connectivity index (χ0v) is 31.8. The Balaban J connectivity index is 1.04. The van der Waals surface area contributed by atoms with Gasteiger partial charge in [0, 0.05) is 89.5 Å². The molecular formula is C37H48BBrN6O8. The lowest BCUT2D eigenvalue weighted by Crippen LogP contribution is -2.56. The van der Waals surface area contributed by atoms with Crippen molar-refractivity contribution in [3.63, 3.8) is 0 Å². The maximum atomic E-state index is 14.1. The summed E-state index contributed by atoms with van der Waals surface area (Å²) >= 11 is 3.40. The number of piperidine rings is 2. The molecule has 284 valence electrons. The summed E-state index contributed by atoms with van der Waals surface area (Å²) in [4.78, 5) is 73.5. The highest BCUT2D eigenvalue weighted by Gasteiger charge is 2.37. The number of phenols is 1. The number of carboxylic acid groups (broad SMARTS) is 1. The maximum absolute atomic E-state index is 14.1. The molecule has 3 fully saturated rings. The van der Waals surface area contributed by atoms with E-state index in [9.17, 15) is 29.1 Å². The largest absolute Gasteiger partial charge is 0.507 e. The number of piperazine rings is 1. The molecule has 2 aromatic rings. The molecule has 0 spiro atoms. The highest BCUT2D eigenvalue weighted by atomic mass is 79.9. The minimum atomic E-state index is -1.07. The number of ether oxygens (including phenoxy) is 1. The number of fused-ring (bicyclic) bond motifs is 1. The zero-order valence-electron chi connectivity index (χ0n) is 30.2. The molecule has 0 unspecified atom stereocenters. The molecule has 4 aliphatic heterocycles. The summed E-state index contributed by atoms with van der Waals surface area (Å²) in [5.41, 5.74) is 3.32. The quantitative estimate of drug-likeness (QED) is 0.323. The average molecular weight is 796 g/mol. The third-order valence-electron chi connectivity index (χ3n) is 11.1. The van der Waals surface area contributed by atoms with Crippen LogP contribution in [-0.2, 0) is 32.0 Å². The number of aromatic hydroxyl groups is 1. The molecule has 4 heterocycles. The minimum absolute atomic E-state index is 0.00744. The lowest BCUT2D eigenvalue weighted by atomic mass is 9.91. The van der Waals surface area contributed by atoms with Crippen molar-refractivity contribution in [2.24, 2.45) is 0 Å². The van der Waals surface area contributed by atoms with Crippen LogP contribution < -0.4 is 10.8 Å². The SMILES string of the molecule is Bc1cc(C[C@@H](OC(=O)N2CCC(N3CCc4ccccc4NC3=O)CC2)C(=O)N2CCC(N3CCN(C(=O)CCC(=O)O)CC3)CC2)cc(Br)c1O. The summed E-state index contributed by atoms with van der Waals surface area (Å²) in [6.45, 7) is 4.88. The van der Waals surface area contributed by atoms with Crippen molar-refractivity contribution in [1.82, 2.24) is 24.5 Å². The van der Waals surface area contributed by atoms with E-state index in [4.69, 9.17) is 9.84 Å². The van der Waals surface area contributed by atoms with Gasteiger partial charge in [0.15, 0.2) is 6.10 Å². The van der Waals surface area contributed by atoms with E-state index in [-0.39, 0.29) is 54.9 Å². The third-order valence-corrected chi connectivity index (χ3v) is 11.7. The fourth-order valence-electron chi connectivity index (χ4n) is 7.98. The van der Waals surface area contributed by atoms with E-state index in [1.165, 1.54) is 0 Å². The van der Waals surface area contributed by atoms with E-state index in [0.29, 0.717) is 81.7 Å². The molecule has 6 rings (SSSR count). The Kier molecular flexibility index (Phi) is 12.5. The predicted molar refractivity (Wildman–Crippen MR) is 203 cm³/mol. The van der Waals surface area contributed by atoms with Gasteiger partial charge in [-0.3, -0.25) is 19.3 Å². The molecule has 16 heteroatoms. The van der Waals surface area contributed by atoms with Crippen LogP contribution in [0, 0.1) is 0 Å². The van der Waals surface area contributed by atoms with E-state index in [1.54, 1.807) is 34.7 Å². The topological polar surface area (TPSA) is 163 Å². The second-order valence-electron chi connectivity index (χ2n) is 14.4. The number of para-hydroxylation sites is 1. The van der Waals surface area contributed by atoms with Crippen molar-refractivity contribution in [1.29, 1.82) is 0 Å². The van der Waals surface area contributed by atoms with Gasteiger partial charge in [-0.25, -0.2) is 9.59 Å². The molecule has 2 aromatic carbocycles. The van der Waals surface area contributed by atoms with Gasteiger partial charge in [0.05, 0.1) is 10.9 Å². The zero-order chi connectivity index (χ0) is 37.6. The molecule has 0 bridgehead atoms. The number of carboxylic acids is 1. The van der Waals surface area contributed by atoms with Crippen LogP contribution in [-0.4, -0.2) is 150 Å². The van der Waals surface area contributed by atoms with E-state index < -0.39 is 18.2 Å². The first-order valence-corrected chi connectivity index (χ1v) is 19.4. The van der Waals surface area contributed by atoms with Gasteiger partial charge in [-0.1, -0.05) is 24.3 Å². The molecule has 5 amide bonds. The van der Waals surface area contributed by atoms with Crippen LogP contribution in [0.25, 0.3) is 0 Å². The maximum Gasteiger partial charge on any atom is 0.410 e. The number of carbonyl (C=O) groups excluding carboxylic acids is 4. The monoisotopic (exact) mass is 794 g/mol. The van der Waals surface area contributed by atoms with Crippen molar-refractivity contribution in [2.75, 3.05) is 64.2 Å². The summed E-state index contributed by atoms with van der Waals surface area (Å²) in [6.07, 6.45) is 1.79. The van der Waals surface area contributed by atoms with Crippen LogP contribution in [0.15, 0.2) is 40.9 Å². The lowest BCUT2D eigenvalue weighted by molar-refractivity contribution is -0.143. The van der Waals surface area contributed by atoms with Gasteiger partial charge >= 0.3 is 18.1 Å². The summed E-state index contributed by atoms with van der Waals surface area (Å²) in [5.74, 6) is -1.26. The molecule has 0 radical (unpaired) electrons. The smallest absolute Gasteiger partial charge is 0.410 e. The Morgan fingerprint density at radius 3 is 2.21 bits per heavy atom. The minimum Gasteiger partial charge on any atom is -0.507 e. The fraction of sp³-hybridized carbons (Fsp3) is 0.541. The Labute approximate surface area is 318 Å². The fourth-order valence-corrected chi connectivity index (χ4v) is 8.58. The number of benzene rings is 2. The highest BCUT2D eigenvalue weighted by Crippen LogP contribution is 2.27. The van der Waals surface area contributed by atoms with Crippen molar-refractivity contribution in [3.8, 4) is 5.75 Å². The lowest BCUT2D eigenvalue weighted by Gasteiger charge is -2.43. The third kappa shape index (κ3) is 9.44. The normalized spacial score (nSPS) is 19.6. The number of hydrogen-bond donors (Lipinski definition) is 3. The van der Waals surface area contributed by atoms with Gasteiger partial charge in [-0.2, -0.15) is 0 Å². The molecule has 53 heavy (non-hydrogen) atoms. The second kappa shape index (κ2) is 17.2. The Bertz CT molecular complexity index is 1670. The number of amides is 5. The van der Waals surface area contributed by atoms with Gasteiger partial charge in [-0.15, -0.1) is 0 Å². The molecule has 14 nitrogen and oxygen atoms in total. The number of phenolic OH excluding ortho intramolecular Hbond substituents is 1. The first-order valence-electron chi connectivity index (χ1n) is 18.6. The van der Waals surface area contributed by atoms with E-state index in [2.05, 4.69) is 26.1 Å². The highest BCUT2D eigenvalue weighted by molar-refractivity contribution is 9.10. The Morgan fingerprint density at radius 1 is 0.868 bits per heavy atom. The average Bonchev–Trinajstić information content (AvgIpc) is 3.33. The van der Waals surface area contributed by atoms with Gasteiger partial charge in [0.1, 0.15) is 13.6 Å². The summed E-state index contributed by atoms with van der Waals surface area (Å²) in [6, 6.07) is 11.4. The van der Waals surface area contributed by atoms with Crippen LogP contribution in [0.2, 0.25) is 0 Å². The van der Waals surface area contributed by atoms with E-state index in [1.807, 2.05) is 29.2 Å². The van der Waals surface area contributed by atoms with Gasteiger partial charge < -0.3 is 39.9 Å². The summed E-state index contributed by atoms with van der Waals surface area (Å²) in [5, 5.41) is 22.3. The van der Waals surface area contributed by atoms with Crippen molar-refractivity contribution in [3.05, 3.63) is 52.0 Å². The van der Waals surface area contributed by atoms with Crippen LogP contribution in [0.1, 0.15) is 49.7 Å². The number of nitrogens with one attached hydrogen (secondary N) is 1. The van der Waals surface area contributed by atoms with Gasteiger partial charge in [-0.05, 0) is 76.8 Å². The molecule has 3 saturated heterocycles. The first-order chi connectivity index (χ1) is 25.5. The predicted octanol–water partition coefficient (Wildman–Crippen LogP) is 2.02. The van der Waals surface area contributed by atoms with Gasteiger partial charge in [0.2, 0.25) is 5.91 Å². The van der Waals surface area contributed by atoms with Crippen LogP contribution >= 0.6 is 15.9 Å². The van der Waals surface area contributed by atoms with Crippen molar-refractivity contribution in [2.45, 2.75) is 69.6 Å². The Morgan fingerprint density at radius 2 is 1.53 bits per heavy atom. The molecule has 0 aromatic heterocycles.